The van der Waals surface area contributed by atoms with Crippen molar-refractivity contribution >= 4 is 42.7 Å². The number of nitrogens with two attached hydrogens (primary N) is 2. The molecular formula is C50H63N7O8S. The third kappa shape index (κ3) is 13.1. The highest BCUT2D eigenvalue weighted by atomic mass is 32.1. The van der Waals surface area contributed by atoms with Gasteiger partial charge in [0, 0.05) is 87.2 Å². The lowest BCUT2D eigenvalue weighted by atomic mass is 9.86. The Morgan fingerprint density at radius 2 is 1.61 bits per heavy atom. The van der Waals surface area contributed by atoms with Crippen molar-refractivity contribution < 1.29 is 38.6 Å². The molecule has 4 aromatic rings. The minimum atomic E-state index is -1.28. The fraction of sp³-hybridized carbons (Fsp3) is 0.440. The third-order valence-electron chi connectivity index (χ3n) is 11.6. The van der Waals surface area contributed by atoms with Gasteiger partial charge in [-0.05, 0) is 66.1 Å². The summed E-state index contributed by atoms with van der Waals surface area (Å²) >= 11 is 0. The van der Waals surface area contributed by atoms with Gasteiger partial charge in [0.25, 0.3) is 0 Å². The first kappa shape index (κ1) is 52.6. The first-order valence-corrected chi connectivity index (χ1v) is 22.0. The van der Waals surface area contributed by atoms with Gasteiger partial charge in [-0.25, -0.2) is 9.97 Å². The van der Waals surface area contributed by atoms with Crippen molar-refractivity contribution in [1.29, 1.82) is 5.26 Å². The van der Waals surface area contributed by atoms with E-state index in [1.807, 2.05) is 36.4 Å². The number of nitriles is 1. The van der Waals surface area contributed by atoms with Crippen LogP contribution in [0.3, 0.4) is 0 Å². The van der Waals surface area contributed by atoms with E-state index in [-0.39, 0.29) is 95.1 Å². The van der Waals surface area contributed by atoms with Crippen LogP contribution < -0.4 is 26.3 Å². The number of ether oxygens (including phenoxy) is 2. The SMILES string of the molecule is Cc1nc(-c2ccc(C(C)(C)C)cc2)ncc1C(=O)C[C@@H](CCO)C(=O)N(C)[C@@H]1C(=O)C[C@@H](C)C(=O)N[C@H](C(=O)CCC#N)Cc2ccc(OCCN)c(c2)-c2cc1ccc2OCCN.S. The van der Waals surface area contributed by atoms with Crippen molar-refractivity contribution in [2.24, 2.45) is 23.3 Å². The maximum absolute atomic E-state index is 14.7. The number of nitrogens with zero attached hydrogens (tertiary/aromatic N) is 4. The maximum atomic E-state index is 14.7. The number of hydrogen-bond acceptors (Lipinski definition) is 13. The molecule has 6 N–H and O–H groups in total. The van der Waals surface area contributed by atoms with Crippen LogP contribution in [-0.2, 0) is 31.0 Å². The number of carbonyl (C=O) groups is 5. The Balaban J connectivity index is 0.00000952. The molecule has 2 amide bonds. The molecule has 1 aromatic heterocycles. The molecule has 3 aromatic carbocycles. The van der Waals surface area contributed by atoms with Gasteiger partial charge < -0.3 is 36.3 Å². The number of aliphatic hydroxyl groups is 1. The molecule has 5 rings (SSSR count). The average molecular weight is 922 g/mol. The summed E-state index contributed by atoms with van der Waals surface area (Å²) in [6.45, 7) is 9.96. The molecule has 0 unspecified atom stereocenters. The van der Waals surface area contributed by atoms with Crippen LogP contribution in [0.5, 0.6) is 11.5 Å². The standard InChI is InChI=1S/C50H61N7O8.H2S/c1-30-24-43(61)46(57(6)49(63)35(17-21-58)28-42(60)39-29-54-47(55-31(39)2)33-10-13-36(14-11-33)50(3,4)5)34-12-16-45(65-23-20-53)38(27-34)37-25-32(9-15-44(37)64-22-19-52)26-40(56-48(30)62)41(59)8-7-18-51;/h9-16,25,27,29-30,35,40,46,58H,7-8,17,19-24,26,28,52-53H2,1-6H3,(H,56,62);1H2/t30-,35-,40+,46+;/m1./s1. The maximum Gasteiger partial charge on any atom is 0.226 e. The van der Waals surface area contributed by atoms with E-state index >= 15 is 0 Å². The highest BCUT2D eigenvalue weighted by molar-refractivity contribution is 7.59. The van der Waals surface area contributed by atoms with Gasteiger partial charge in [0.2, 0.25) is 11.8 Å². The van der Waals surface area contributed by atoms with Crippen LogP contribution in [0.4, 0.5) is 0 Å². The summed E-state index contributed by atoms with van der Waals surface area (Å²) in [4.78, 5) is 81.0. The largest absolute Gasteiger partial charge is 0.492 e. The van der Waals surface area contributed by atoms with Gasteiger partial charge in [0.05, 0.1) is 23.4 Å². The summed E-state index contributed by atoms with van der Waals surface area (Å²) in [5, 5.41) is 22.3. The quantitative estimate of drug-likeness (QED) is 0.0961. The number of likely N-dealkylation sites (N-methyl/N-ethyl adjacent to an activating group) is 1. The Hall–Kier alpha value is -5.99. The first-order chi connectivity index (χ1) is 31.0. The highest BCUT2D eigenvalue weighted by Gasteiger charge is 2.36. The van der Waals surface area contributed by atoms with E-state index in [2.05, 4.69) is 36.1 Å². The number of Topliss-reactive ketones (excluding diaryl/α,β-unsaturated/α-hetero) is 3. The predicted molar refractivity (Wildman–Crippen MR) is 256 cm³/mol. The fourth-order valence-electron chi connectivity index (χ4n) is 7.93. The Morgan fingerprint density at radius 3 is 2.20 bits per heavy atom. The molecule has 0 saturated carbocycles. The molecule has 2 heterocycles. The molecule has 0 spiro atoms. The Kier molecular flexibility index (Phi) is 19.1. The second-order valence-electron chi connectivity index (χ2n) is 17.5. The van der Waals surface area contributed by atoms with Crippen LogP contribution in [0.25, 0.3) is 22.5 Å². The molecule has 1 aliphatic rings. The number of carbonyl (C=O) groups excluding carboxylic acids is 5. The molecule has 1 aliphatic heterocycles. The fourth-order valence-corrected chi connectivity index (χ4v) is 7.93. The zero-order valence-corrected chi connectivity index (χ0v) is 39.7. The molecule has 4 bridgehead atoms. The number of aryl methyl sites for hydroxylation is 1. The number of benzene rings is 3. The summed E-state index contributed by atoms with van der Waals surface area (Å²) in [7, 11) is 1.46. The van der Waals surface area contributed by atoms with E-state index in [4.69, 9.17) is 20.9 Å². The Morgan fingerprint density at radius 1 is 0.970 bits per heavy atom. The minimum Gasteiger partial charge on any atom is -0.492 e. The lowest BCUT2D eigenvalue weighted by Crippen LogP contribution is -2.45. The van der Waals surface area contributed by atoms with E-state index in [0.29, 0.717) is 45.3 Å². The van der Waals surface area contributed by atoms with Crippen LogP contribution in [0.2, 0.25) is 0 Å². The van der Waals surface area contributed by atoms with Crippen LogP contribution in [0.1, 0.15) is 98.6 Å². The second kappa shape index (κ2) is 24.0. The summed E-state index contributed by atoms with van der Waals surface area (Å²) in [6, 6.07) is 18.0. The summed E-state index contributed by atoms with van der Waals surface area (Å²) in [5.41, 5.74) is 16.3. The number of nitrogens with one attached hydrogen (secondary N) is 1. The summed E-state index contributed by atoms with van der Waals surface area (Å²) in [5.74, 6) is -3.11. The molecule has 0 aliphatic carbocycles. The molecular weight excluding hydrogens is 859 g/mol. The predicted octanol–water partition coefficient (Wildman–Crippen LogP) is 5.48. The Labute approximate surface area is 394 Å². The van der Waals surface area contributed by atoms with E-state index in [1.165, 1.54) is 18.1 Å². The van der Waals surface area contributed by atoms with E-state index in [1.54, 1.807) is 44.2 Å². The third-order valence-corrected chi connectivity index (χ3v) is 11.6. The molecule has 4 atom stereocenters. The van der Waals surface area contributed by atoms with Gasteiger partial charge in [-0.3, -0.25) is 24.0 Å². The van der Waals surface area contributed by atoms with Crippen molar-refractivity contribution in [3.05, 3.63) is 94.8 Å². The Bertz CT molecular complexity index is 2410. The molecule has 0 radical (unpaired) electrons. The molecule has 15 nitrogen and oxygen atoms in total. The molecule has 16 heteroatoms. The number of ketones is 3. The van der Waals surface area contributed by atoms with Crippen molar-refractivity contribution in [2.75, 3.05) is 40.0 Å². The zero-order valence-electron chi connectivity index (χ0n) is 38.7. The average Bonchev–Trinajstić information content (AvgIpc) is 3.28. The van der Waals surface area contributed by atoms with Gasteiger partial charge in [-0.2, -0.15) is 18.8 Å². The number of fused-ring (bicyclic) bond motifs is 5. The van der Waals surface area contributed by atoms with E-state index < -0.39 is 53.9 Å². The van der Waals surface area contributed by atoms with Crippen LogP contribution >= 0.6 is 13.5 Å². The minimum absolute atomic E-state index is 0. The van der Waals surface area contributed by atoms with Crippen LogP contribution in [0, 0.1) is 30.1 Å². The molecule has 66 heavy (non-hydrogen) atoms. The number of amides is 2. The van der Waals surface area contributed by atoms with Crippen molar-refractivity contribution in [3.63, 3.8) is 0 Å². The number of aromatic nitrogens is 2. The van der Waals surface area contributed by atoms with Crippen LogP contribution in [0.15, 0.2) is 66.9 Å². The van der Waals surface area contributed by atoms with Crippen molar-refractivity contribution in [2.45, 2.75) is 90.6 Å². The van der Waals surface area contributed by atoms with Gasteiger partial charge in [0.1, 0.15) is 30.8 Å². The topological polar surface area (TPSA) is 241 Å². The monoisotopic (exact) mass is 921 g/mol. The highest BCUT2D eigenvalue weighted by Crippen LogP contribution is 2.41. The number of hydrogen-bond donors (Lipinski definition) is 4. The first-order valence-electron chi connectivity index (χ1n) is 22.0. The van der Waals surface area contributed by atoms with Crippen LogP contribution in [-0.4, -0.2) is 95.1 Å². The number of aliphatic hydroxyl groups excluding tert-OH is 1. The summed E-state index contributed by atoms with van der Waals surface area (Å²) in [6.07, 6.45) is 0.700. The normalized spacial score (nSPS) is 16.7. The number of rotatable bonds is 17. The molecule has 0 fully saturated rings. The zero-order chi connectivity index (χ0) is 47.4. The van der Waals surface area contributed by atoms with E-state index in [9.17, 15) is 34.3 Å². The van der Waals surface area contributed by atoms with Crippen molar-refractivity contribution in [3.8, 4) is 40.1 Å². The lowest BCUT2D eigenvalue weighted by molar-refractivity contribution is -0.142. The summed E-state index contributed by atoms with van der Waals surface area (Å²) < 4.78 is 12.2. The van der Waals surface area contributed by atoms with Crippen molar-refractivity contribution in [1.82, 2.24) is 20.2 Å². The van der Waals surface area contributed by atoms with Gasteiger partial charge in [-0.15, -0.1) is 0 Å². The van der Waals surface area contributed by atoms with Gasteiger partial charge in [-0.1, -0.05) is 64.1 Å². The lowest BCUT2D eigenvalue weighted by Gasteiger charge is -2.32. The molecule has 0 saturated heterocycles. The smallest absolute Gasteiger partial charge is 0.226 e. The van der Waals surface area contributed by atoms with Gasteiger partial charge in [0.15, 0.2) is 23.2 Å². The molecule has 352 valence electrons. The second-order valence-corrected chi connectivity index (χ2v) is 17.5. The van der Waals surface area contributed by atoms with E-state index in [0.717, 1.165) is 11.1 Å². The van der Waals surface area contributed by atoms with Gasteiger partial charge >= 0.3 is 0 Å².